The van der Waals surface area contributed by atoms with Gasteiger partial charge in [-0.3, -0.25) is 4.79 Å². The SMILES string of the molecule is Cc1ccc(C(F)(F)F)cc1S(=O)(=O)NC1CCC(C(=O)O)CC1. The molecule has 5 nitrogen and oxygen atoms in total. The van der Waals surface area contributed by atoms with Crippen LogP contribution in [0.4, 0.5) is 13.2 Å². The van der Waals surface area contributed by atoms with Crippen molar-refractivity contribution in [2.24, 2.45) is 5.92 Å². The molecule has 9 heteroatoms. The van der Waals surface area contributed by atoms with Gasteiger partial charge in [0, 0.05) is 6.04 Å². The Morgan fingerprint density at radius 1 is 1.21 bits per heavy atom. The number of carboxylic acid groups (broad SMARTS) is 1. The lowest BCUT2D eigenvalue weighted by Gasteiger charge is -2.27. The molecular formula is C15H18F3NO4S. The molecule has 2 rings (SSSR count). The summed E-state index contributed by atoms with van der Waals surface area (Å²) in [7, 11) is -4.11. The van der Waals surface area contributed by atoms with Crippen LogP contribution in [0.1, 0.15) is 36.8 Å². The van der Waals surface area contributed by atoms with E-state index in [4.69, 9.17) is 5.11 Å². The van der Waals surface area contributed by atoms with E-state index in [1.165, 1.54) is 6.92 Å². The fourth-order valence-electron chi connectivity index (χ4n) is 2.81. The van der Waals surface area contributed by atoms with Gasteiger partial charge in [0.1, 0.15) is 0 Å². The number of halogens is 3. The van der Waals surface area contributed by atoms with Crippen molar-refractivity contribution >= 4 is 16.0 Å². The molecule has 1 aliphatic carbocycles. The summed E-state index contributed by atoms with van der Waals surface area (Å²) in [6.07, 6.45) is -3.27. The van der Waals surface area contributed by atoms with Gasteiger partial charge < -0.3 is 5.11 Å². The number of carboxylic acids is 1. The Morgan fingerprint density at radius 2 is 1.79 bits per heavy atom. The third-order valence-corrected chi connectivity index (χ3v) is 5.87. The Labute approximate surface area is 137 Å². The fraction of sp³-hybridized carbons (Fsp3) is 0.533. The molecule has 0 spiro atoms. The Balaban J connectivity index is 2.18. The van der Waals surface area contributed by atoms with Crippen LogP contribution in [-0.4, -0.2) is 25.5 Å². The minimum Gasteiger partial charge on any atom is -0.481 e. The molecule has 0 unspecified atom stereocenters. The Kier molecular flexibility index (Phi) is 5.24. The van der Waals surface area contributed by atoms with Gasteiger partial charge in [-0.15, -0.1) is 0 Å². The Morgan fingerprint density at radius 3 is 2.29 bits per heavy atom. The van der Waals surface area contributed by atoms with Crippen LogP contribution in [0.15, 0.2) is 23.1 Å². The summed E-state index contributed by atoms with van der Waals surface area (Å²) >= 11 is 0. The van der Waals surface area contributed by atoms with Crippen molar-refractivity contribution in [1.82, 2.24) is 4.72 Å². The van der Waals surface area contributed by atoms with Crippen LogP contribution in [0.5, 0.6) is 0 Å². The molecular weight excluding hydrogens is 347 g/mol. The molecule has 1 aromatic rings. The first-order valence-electron chi connectivity index (χ1n) is 7.43. The van der Waals surface area contributed by atoms with Gasteiger partial charge in [-0.2, -0.15) is 13.2 Å². The Bertz CT molecular complexity index is 723. The largest absolute Gasteiger partial charge is 0.481 e. The van der Waals surface area contributed by atoms with E-state index in [9.17, 15) is 26.4 Å². The molecule has 1 aliphatic rings. The summed E-state index contributed by atoms with van der Waals surface area (Å²) in [4.78, 5) is 10.5. The highest BCUT2D eigenvalue weighted by atomic mass is 32.2. The second-order valence-corrected chi connectivity index (χ2v) is 7.67. The van der Waals surface area contributed by atoms with Crippen molar-refractivity contribution in [3.05, 3.63) is 29.3 Å². The highest BCUT2D eigenvalue weighted by Crippen LogP contribution is 2.32. The standard InChI is InChI=1S/C15H18F3NO4S/c1-9-2-5-11(15(16,17)18)8-13(9)24(22,23)19-12-6-3-10(4-7-12)14(20)21/h2,5,8,10,12,19H,3-4,6-7H2,1H3,(H,20,21). The van der Waals surface area contributed by atoms with Crippen molar-refractivity contribution < 1.29 is 31.5 Å². The van der Waals surface area contributed by atoms with Crippen molar-refractivity contribution in [3.63, 3.8) is 0 Å². The minimum absolute atomic E-state index is 0.217. The highest BCUT2D eigenvalue weighted by Gasteiger charge is 2.33. The van der Waals surface area contributed by atoms with E-state index in [1.807, 2.05) is 0 Å². The molecule has 0 radical (unpaired) electrons. The number of benzene rings is 1. The summed E-state index contributed by atoms with van der Waals surface area (Å²) in [6, 6.07) is 2.12. The molecule has 0 heterocycles. The lowest BCUT2D eigenvalue weighted by molar-refractivity contribution is -0.143. The molecule has 0 amide bonds. The average molecular weight is 365 g/mol. The van der Waals surface area contributed by atoms with Gasteiger partial charge in [-0.1, -0.05) is 6.07 Å². The molecule has 134 valence electrons. The van der Waals surface area contributed by atoms with Crippen LogP contribution in [-0.2, 0) is 21.0 Å². The highest BCUT2D eigenvalue weighted by molar-refractivity contribution is 7.89. The fourth-order valence-corrected chi connectivity index (χ4v) is 4.38. The number of sulfonamides is 1. The van der Waals surface area contributed by atoms with Gasteiger partial charge in [-0.05, 0) is 50.3 Å². The van der Waals surface area contributed by atoms with Gasteiger partial charge in [0.15, 0.2) is 0 Å². The van der Waals surface area contributed by atoms with Crippen LogP contribution in [0.3, 0.4) is 0 Å². The summed E-state index contributed by atoms with van der Waals surface area (Å²) in [5.74, 6) is -1.41. The van der Waals surface area contributed by atoms with E-state index < -0.39 is 44.6 Å². The zero-order valence-corrected chi connectivity index (χ0v) is 13.7. The topological polar surface area (TPSA) is 83.5 Å². The van der Waals surface area contributed by atoms with E-state index in [1.54, 1.807) is 0 Å². The van der Waals surface area contributed by atoms with E-state index in [0.29, 0.717) is 31.7 Å². The molecule has 1 fully saturated rings. The van der Waals surface area contributed by atoms with E-state index >= 15 is 0 Å². The maximum Gasteiger partial charge on any atom is 0.416 e. The van der Waals surface area contributed by atoms with Crippen molar-refractivity contribution in [3.8, 4) is 0 Å². The molecule has 0 aliphatic heterocycles. The second kappa shape index (κ2) is 6.72. The summed E-state index contributed by atoms with van der Waals surface area (Å²) in [5.41, 5.74) is -0.808. The summed E-state index contributed by atoms with van der Waals surface area (Å²) in [6.45, 7) is 1.43. The Hall–Kier alpha value is -1.61. The summed E-state index contributed by atoms with van der Waals surface area (Å²) in [5, 5.41) is 8.93. The normalized spacial score (nSPS) is 22.3. The molecule has 0 saturated heterocycles. The molecule has 1 saturated carbocycles. The lowest BCUT2D eigenvalue weighted by Crippen LogP contribution is -2.39. The quantitative estimate of drug-likeness (QED) is 0.859. The van der Waals surface area contributed by atoms with Crippen molar-refractivity contribution in [2.75, 3.05) is 0 Å². The second-order valence-electron chi connectivity index (χ2n) is 5.99. The number of rotatable bonds is 4. The van der Waals surface area contributed by atoms with E-state index in [2.05, 4.69) is 4.72 Å². The molecule has 1 aromatic carbocycles. The number of alkyl halides is 3. The van der Waals surface area contributed by atoms with Crippen molar-refractivity contribution in [2.45, 2.75) is 49.7 Å². The number of hydrogen-bond donors (Lipinski definition) is 2. The van der Waals surface area contributed by atoms with E-state index in [-0.39, 0.29) is 5.56 Å². The first-order chi connectivity index (χ1) is 11.0. The molecule has 24 heavy (non-hydrogen) atoms. The van der Waals surface area contributed by atoms with Gasteiger partial charge in [0.2, 0.25) is 10.0 Å². The molecule has 0 bridgehead atoms. The van der Waals surface area contributed by atoms with Crippen LogP contribution in [0.25, 0.3) is 0 Å². The molecule has 0 atom stereocenters. The van der Waals surface area contributed by atoms with Crippen LogP contribution in [0, 0.1) is 12.8 Å². The van der Waals surface area contributed by atoms with Crippen LogP contribution < -0.4 is 4.72 Å². The number of aryl methyl sites for hydroxylation is 1. The minimum atomic E-state index is -4.63. The van der Waals surface area contributed by atoms with Gasteiger partial charge in [0.05, 0.1) is 16.4 Å². The zero-order valence-electron chi connectivity index (χ0n) is 12.9. The number of hydrogen-bond acceptors (Lipinski definition) is 3. The molecule has 0 aromatic heterocycles. The van der Waals surface area contributed by atoms with Crippen molar-refractivity contribution in [1.29, 1.82) is 0 Å². The average Bonchev–Trinajstić information content (AvgIpc) is 2.46. The predicted octanol–water partition coefficient (Wildman–Crippen LogP) is 2.94. The number of aliphatic carboxylic acids is 1. The smallest absolute Gasteiger partial charge is 0.416 e. The van der Waals surface area contributed by atoms with Crippen LogP contribution in [0.2, 0.25) is 0 Å². The number of nitrogens with one attached hydrogen (secondary N) is 1. The van der Waals surface area contributed by atoms with Gasteiger partial charge >= 0.3 is 12.1 Å². The maximum absolute atomic E-state index is 12.8. The third-order valence-electron chi connectivity index (χ3n) is 4.20. The monoisotopic (exact) mass is 365 g/mol. The van der Waals surface area contributed by atoms with Gasteiger partial charge in [0.25, 0.3) is 0 Å². The van der Waals surface area contributed by atoms with Gasteiger partial charge in [-0.25, -0.2) is 13.1 Å². The first kappa shape index (κ1) is 18.7. The first-order valence-corrected chi connectivity index (χ1v) is 8.92. The van der Waals surface area contributed by atoms with Crippen LogP contribution >= 0.6 is 0 Å². The lowest BCUT2D eigenvalue weighted by atomic mass is 9.87. The molecule has 2 N–H and O–H groups in total. The third kappa shape index (κ3) is 4.27. The maximum atomic E-state index is 12.8. The zero-order chi connectivity index (χ0) is 18.1. The number of carbonyl (C=O) groups is 1. The predicted molar refractivity (Wildman–Crippen MR) is 79.9 cm³/mol. The van der Waals surface area contributed by atoms with E-state index in [0.717, 1.165) is 12.1 Å². The summed E-state index contributed by atoms with van der Waals surface area (Å²) < 4.78 is 65.6.